The van der Waals surface area contributed by atoms with Crippen LogP contribution in [0.5, 0.6) is 0 Å². The molecule has 22 heavy (non-hydrogen) atoms. The van der Waals surface area contributed by atoms with Crippen LogP contribution in [0.4, 0.5) is 0 Å². The summed E-state index contributed by atoms with van der Waals surface area (Å²) in [6.07, 6.45) is 9.49. The third-order valence-electron chi connectivity index (χ3n) is 3.52. The summed E-state index contributed by atoms with van der Waals surface area (Å²) in [5, 5.41) is 12.0. The minimum absolute atomic E-state index is 0.248. The SMILES string of the molecule is CC(C)(C)Cc1cn(CCCCCCCNC(C)(C)C)nn1. The van der Waals surface area contributed by atoms with E-state index in [-0.39, 0.29) is 11.0 Å². The van der Waals surface area contributed by atoms with E-state index in [0.717, 1.165) is 25.2 Å². The largest absolute Gasteiger partial charge is 0.312 e. The molecule has 1 heterocycles. The van der Waals surface area contributed by atoms with E-state index in [1.165, 1.54) is 32.1 Å². The smallest absolute Gasteiger partial charge is 0.0832 e. The zero-order chi connectivity index (χ0) is 16.6. The molecule has 0 saturated carbocycles. The van der Waals surface area contributed by atoms with Gasteiger partial charge in [-0.15, -0.1) is 5.10 Å². The topological polar surface area (TPSA) is 42.7 Å². The molecule has 4 nitrogen and oxygen atoms in total. The number of unbranched alkanes of at least 4 members (excludes halogenated alkanes) is 4. The summed E-state index contributed by atoms with van der Waals surface area (Å²) in [5.41, 5.74) is 1.64. The van der Waals surface area contributed by atoms with Gasteiger partial charge in [-0.2, -0.15) is 0 Å². The normalized spacial score (nSPS) is 12.8. The van der Waals surface area contributed by atoms with Crippen molar-refractivity contribution < 1.29 is 0 Å². The van der Waals surface area contributed by atoms with Crippen LogP contribution in [0.2, 0.25) is 0 Å². The predicted molar refractivity (Wildman–Crippen MR) is 94.0 cm³/mol. The summed E-state index contributed by atoms with van der Waals surface area (Å²) < 4.78 is 2.00. The standard InChI is InChI=1S/C18H36N4/c1-17(2,3)14-16-15-22(21-20-16)13-11-9-7-8-10-12-19-18(4,5)6/h15,19H,7-14H2,1-6H3. The third kappa shape index (κ3) is 9.93. The van der Waals surface area contributed by atoms with E-state index in [4.69, 9.17) is 0 Å². The molecule has 1 N–H and O–H groups in total. The Morgan fingerprint density at radius 3 is 2.23 bits per heavy atom. The Kier molecular flexibility index (Phi) is 7.54. The molecule has 0 aromatic carbocycles. The first-order valence-corrected chi connectivity index (χ1v) is 8.80. The lowest BCUT2D eigenvalue weighted by Crippen LogP contribution is -2.36. The Morgan fingerprint density at radius 2 is 1.59 bits per heavy atom. The lowest BCUT2D eigenvalue weighted by Gasteiger charge is -2.20. The summed E-state index contributed by atoms with van der Waals surface area (Å²) in [4.78, 5) is 0. The van der Waals surface area contributed by atoms with Crippen LogP contribution in [0, 0.1) is 5.41 Å². The van der Waals surface area contributed by atoms with Gasteiger partial charge in [0.25, 0.3) is 0 Å². The van der Waals surface area contributed by atoms with Crippen molar-refractivity contribution in [1.29, 1.82) is 0 Å². The summed E-state index contributed by atoms with van der Waals surface area (Å²) in [6, 6.07) is 0. The molecule has 0 saturated heterocycles. The molecule has 0 aliphatic heterocycles. The minimum Gasteiger partial charge on any atom is -0.312 e. The second-order valence-corrected chi connectivity index (χ2v) is 8.65. The van der Waals surface area contributed by atoms with Crippen LogP contribution in [0.15, 0.2) is 6.20 Å². The fourth-order valence-electron chi connectivity index (χ4n) is 2.46. The third-order valence-corrected chi connectivity index (χ3v) is 3.52. The molecule has 0 aliphatic rings. The van der Waals surface area contributed by atoms with Crippen LogP contribution in [0.1, 0.15) is 79.3 Å². The Hall–Kier alpha value is -0.900. The van der Waals surface area contributed by atoms with E-state index in [2.05, 4.69) is 63.4 Å². The Bertz CT molecular complexity index is 409. The highest BCUT2D eigenvalue weighted by Crippen LogP contribution is 2.18. The van der Waals surface area contributed by atoms with Crippen LogP contribution in [-0.2, 0) is 13.0 Å². The van der Waals surface area contributed by atoms with E-state index in [1.54, 1.807) is 0 Å². The molecule has 0 atom stereocenters. The molecule has 4 heteroatoms. The predicted octanol–water partition coefficient (Wildman–Crippen LogP) is 4.21. The van der Waals surface area contributed by atoms with Crippen LogP contribution in [-0.4, -0.2) is 27.1 Å². The van der Waals surface area contributed by atoms with Gasteiger partial charge in [-0.25, -0.2) is 0 Å². The lowest BCUT2D eigenvalue weighted by atomic mass is 9.91. The summed E-state index contributed by atoms with van der Waals surface area (Å²) >= 11 is 0. The average Bonchev–Trinajstić information content (AvgIpc) is 2.76. The number of nitrogens with one attached hydrogen (secondary N) is 1. The highest BCUT2D eigenvalue weighted by atomic mass is 15.4. The van der Waals surface area contributed by atoms with Gasteiger partial charge in [0.1, 0.15) is 0 Å². The van der Waals surface area contributed by atoms with Gasteiger partial charge in [-0.3, -0.25) is 4.68 Å². The van der Waals surface area contributed by atoms with Crippen molar-refractivity contribution >= 4 is 0 Å². The van der Waals surface area contributed by atoms with E-state index >= 15 is 0 Å². The van der Waals surface area contributed by atoms with Crippen molar-refractivity contribution in [2.75, 3.05) is 6.54 Å². The summed E-state index contributed by atoms with van der Waals surface area (Å²) in [6.45, 7) is 15.5. The van der Waals surface area contributed by atoms with Crippen LogP contribution < -0.4 is 5.32 Å². The maximum Gasteiger partial charge on any atom is 0.0832 e. The second-order valence-electron chi connectivity index (χ2n) is 8.65. The molecule has 0 aliphatic carbocycles. The van der Waals surface area contributed by atoms with Gasteiger partial charge >= 0.3 is 0 Å². The highest BCUT2D eigenvalue weighted by molar-refractivity contribution is 4.95. The first-order chi connectivity index (χ1) is 10.2. The number of aryl methyl sites for hydroxylation is 1. The summed E-state index contributed by atoms with van der Waals surface area (Å²) in [5.74, 6) is 0. The fraction of sp³-hybridized carbons (Fsp3) is 0.889. The van der Waals surface area contributed by atoms with Gasteiger partial charge in [0.15, 0.2) is 0 Å². The molecular formula is C18H36N4. The molecule has 0 bridgehead atoms. The van der Waals surface area contributed by atoms with Gasteiger partial charge in [-0.05, 0) is 52.0 Å². The van der Waals surface area contributed by atoms with Gasteiger partial charge in [0.2, 0.25) is 0 Å². The monoisotopic (exact) mass is 308 g/mol. The Labute approximate surface area is 137 Å². The molecule has 1 rings (SSSR count). The molecule has 1 aromatic heterocycles. The zero-order valence-electron chi connectivity index (χ0n) is 15.6. The second kappa shape index (κ2) is 8.66. The number of hydrogen-bond acceptors (Lipinski definition) is 3. The molecular weight excluding hydrogens is 272 g/mol. The zero-order valence-corrected chi connectivity index (χ0v) is 15.6. The first kappa shape index (κ1) is 19.1. The van der Waals surface area contributed by atoms with Gasteiger partial charge in [-0.1, -0.05) is 45.2 Å². The van der Waals surface area contributed by atoms with E-state index in [9.17, 15) is 0 Å². The van der Waals surface area contributed by atoms with E-state index < -0.39 is 0 Å². The average molecular weight is 309 g/mol. The highest BCUT2D eigenvalue weighted by Gasteiger charge is 2.13. The molecule has 0 unspecified atom stereocenters. The Morgan fingerprint density at radius 1 is 0.955 bits per heavy atom. The van der Waals surface area contributed by atoms with Crippen molar-refractivity contribution in [2.24, 2.45) is 5.41 Å². The Balaban J connectivity index is 2.05. The number of aromatic nitrogens is 3. The fourth-order valence-corrected chi connectivity index (χ4v) is 2.46. The molecule has 0 fully saturated rings. The maximum absolute atomic E-state index is 4.27. The van der Waals surface area contributed by atoms with Gasteiger partial charge in [0.05, 0.1) is 5.69 Å². The van der Waals surface area contributed by atoms with E-state index in [1.807, 2.05) is 4.68 Å². The maximum atomic E-state index is 4.27. The molecule has 128 valence electrons. The van der Waals surface area contributed by atoms with Gasteiger partial charge < -0.3 is 5.32 Å². The number of hydrogen-bond donors (Lipinski definition) is 1. The van der Waals surface area contributed by atoms with Crippen LogP contribution in [0.25, 0.3) is 0 Å². The molecule has 0 radical (unpaired) electrons. The number of nitrogens with zero attached hydrogens (tertiary/aromatic N) is 3. The van der Waals surface area contributed by atoms with Crippen molar-refractivity contribution in [3.8, 4) is 0 Å². The van der Waals surface area contributed by atoms with Crippen LogP contribution >= 0.6 is 0 Å². The molecule has 0 amide bonds. The van der Waals surface area contributed by atoms with E-state index in [0.29, 0.717) is 0 Å². The van der Waals surface area contributed by atoms with Crippen molar-refractivity contribution in [3.05, 3.63) is 11.9 Å². The molecule has 0 spiro atoms. The van der Waals surface area contributed by atoms with Crippen molar-refractivity contribution in [1.82, 2.24) is 20.3 Å². The quantitative estimate of drug-likeness (QED) is 0.695. The lowest BCUT2D eigenvalue weighted by molar-refractivity contribution is 0.406. The minimum atomic E-state index is 0.248. The summed E-state index contributed by atoms with van der Waals surface area (Å²) in [7, 11) is 0. The van der Waals surface area contributed by atoms with Crippen molar-refractivity contribution in [3.63, 3.8) is 0 Å². The first-order valence-electron chi connectivity index (χ1n) is 8.80. The van der Waals surface area contributed by atoms with Gasteiger partial charge in [0, 0.05) is 18.3 Å². The van der Waals surface area contributed by atoms with Crippen LogP contribution in [0.3, 0.4) is 0 Å². The van der Waals surface area contributed by atoms with Crippen molar-refractivity contribution in [2.45, 2.75) is 92.2 Å². The number of rotatable bonds is 9. The molecule has 1 aromatic rings.